The molecule has 0 unspecified atom stereocenters. The highest BCUT2D eigenvalue weighted by Crippen LogP contribution is 2.14. The first kappa shape index (κ1) is 9.42. The van der Waals surface area contributed by atoms with E-state index in [1.165, 1.54) is 5.56 Å². The number of benzene rings is 1. The lowest BCUT2D eigenvalue weighted by Crippen LogP contribution is -1.97. The van der Waals surface area contributed by atoms with Gasteiger partial charge in [-0.05, 0) is 18.6 Å². The van der Waals surface area contributed by atoms with Crippen molar-refractivity contribution in [2.45, 2.75) is 13.5 Å². The van der Waals surface area contributed by atoms with Gasteiger partial charge in [-0.1, -0.05) is 12.1 Å². The highest BCUT2D eigenvalue weighted by Gasteiger charge is 1.97. The lowest BCUT2D eigenvalue weighted by molar-refractivity contribution is 0.170. The van der Waals surface area contributed by atoms with Crippen LogP contribution < -0.4 is 5.73 Å². The van der Waals surface area contributed by atoms with E-state index in [0.717, 1.165) is 11.3 Å². The van der Waals surface area contributed by atoms with E-state index >= 15 is 0 Å². The van der Waals surface area contributed by atoms with Crippen molar-refractivity contribution in [3.8, 4) is 0 Å². The molecule has 2 N–H and O–H groups in total. The molecule has 0 saturated carbocycles. The third kappa shape index (κ3) is 2.43. The van der Waals surface area contributed by atoms with E-state index in [2.05, 4.69) is 12.6 Å². The quantitative estimate of drug-likeness (QED) is 0.427. The van der Waals surface area contributed by atoms with Crippen LogP contribution in [0.15, 0.2) is 18.2 Å². The minimum absolute atomic E-state index is 0.424. The Kier molecular flexibility index (Phi) is 3.44. The normalized spacial score (nSPS) is 10.2. The molecule has 3 heteroatoms. The van der Waals surface area contributed by atoms with Gasteiger partial charge in [-0.25, -0.2) is 0 Å². The number of thiol groups is 1. The van der Waals surface area contributed by atoms with Crippen LogP contribution >= 0.6 is 12.6 Å². The molecule has 0 heterocycles. The standard InChI is InChI=1S/C9H13NOS/c1-7-2-3-8(5-11-6-12)9(10)4-7/h2-4,12H,5-6,10H2,1H3. The van der Waals surface area contributed by atoms with E-state index in [0.29, 0.717) is 12.5 Å². The first-order valence-electron chi connectivity index (χ1n) is 3.77. The third-order valence-corrected chi connectivity index (χ3v) is 1.83. The lowest BCUT2D eigenvalue weighted by atomic mass is 10.1. The summed E-state index contributed by atoms with van der Waals surface area (Å²) >= 11 is 3.94. The summed E-state index contributed by atoms with van der Waals surface area (Å²) in [6.45, 7) is 2.55. The van der Waals surface area contributed by atoms with Crippen LogP contribution in [0.2, 0.25) is 0 Å². The molecule has 2 nitrogen and oxygen atoms in total. The number of anilines is 1. The molecular weight excluding hydrogens is 170 g/mol. The highest BCUT2D eigenvalue weighted by molar-refractivity contribution is 7.80. The molecule has 1 rings (SSSR count). The van der Waals surface area contributed by atoms with Crippen molar-refractivity contribution in [2.75, 3.05) is 11.7 Å². The maximum Gasteiger partial charge on any atom is 0.0897 e. The number of rotatable bonds is 3. The van der Waals surface area contributed by atoms with Crippen LogP contribution in [0.3, 0.4) is 0 Å². The van der Waals surface area contributed by atoms with Crippen LogP contribution in [0, 0.1) is 6.92 Å². The van der Waals surface area contributed by atoms with Crippen molar-refractivity contribution in [2.24, 2.45) is 0 Å². The Hall–Kier alpha value is -0.670. The predicted molar refractivity (Wildman–Crippen MR) is 54.2 cm³/mol. The zero-order valence-electron chi connectivity index (χ0n) is 7.08. The third-order valence-electron chi connectivity index (χ3n) is 1.65. The largest absolute Gasteiger partial charge is 0.398 e. The molecule has 66 valence electrons. The van der Waals surface area contributed by atoms with Gasteiger partial charge in [-0.3, -0.25) is 0 Å². The van der Waals surface area contributed by atoms with Crippen LogP contribution in [-0.4, -0.2) is 5.94 Å². The number of aryl methyl sites for hydroxylation is 1. The molecule has 0 aromatic heterocycles. The second-order valence-corrected chi connectivity index (χ2v) is 2.94. The Labute approximate surface area is 78.1 Å². The van der Waals surface area contributed by atoms with Gasteiger partial charge in [-0.15, -0.1) is 0 Å². The summed E-state index contributed by atoms with van der Waals surface area (Å²) in [5.41, 5.74) is 8.74. The van der Waals surface area contributed by atoms with Gasteiger partial charge in [0.25, 0.3) is 0 Å². The van der Waals surface area contributed by atoms with E-state index in [9.17, 15) is 0 Å². The Morgan fingerprint density at radius 2 is 2.25 bits per heavy atom. The average molecular weight is 183 g/mol. The van der Waals surface area contributed by atoms with Crippen molar-refractivity contribution < 1.29 is 4.74 Å². The minimum Gasteiger partial charge on any atom is -0.398 e. The SMILES string of the molecule is Cc1ccc(COCS)c(N)c1. The molecule has 0 saturated heterocycles. The second kappa shape index (κ2) is 4.38. The van der Waals surface area contributed by atoms with Gasteiger partial charge in [0.1, 0.15) is 0 Å². The van der Waals surface area contributed by atoms with Crippen LogP contribution in [0.25, 0.3) is 0 Å². The van der Waals surface area contributed by atoms with Crippen LogP contribution in [-0.2, 0) is 11.3 Å². The zero-order chi connectivity index (χ0) is 8.97. The average Bonchev–Trinajstić information content (AvgIpc) is 2.03. The van der Waals surface area contributed by atoms with E-state index in [-0.39, 0.29) is 0 Å². The minimum atomic E-state index is 0.424. The summed E-state index contributed by atoms with van der Waals surface area (Å²) in [7, 11) is 0. The number of ether oxygens (including phenoxy) is 1. The van der Waals surface area contributed by atoms with Crippen molar-refractivity contribution in [3.63, 3.8) is 0 Å². The summed E-state index contributed by atoms with van der Waals surface area (Å²) in [4.78, 5) is 0. The molecule has 12 heavy (non-hydrogen) atoms. The zero-order valence-corrected chi connectivity index (χ0v) is 7.97. The Bertz CT molecular complexity index is 263. The van der Waals surface area contributed by atoms with E-state index < -0.39 is 0 Å². The number of hydrogen-bond donors (Lipinski definition) is 2. The Morgan fingerprint density at radius 1 is 1.50 bits per heavy atom. The summed E-state index contributed by atoms with van der Waals surface area (Å²) in [6.07, 6.45) is 0. The summed E-state index contributed by atoms with van der Waals surface area (Å²) in [6, 6.07) is 5.94. The number of hydrogen-bond acceptors (Lipinski definition) is 3. The van der Waals surface area contributed by atoms with Gasteiger partial charge in [0.15, 0.2) is 0 Å². The fraction of sp³-hybridized carbons (Fsp3) is 0.333. The maximum absolute atomic E-state index is 5.76. The molecule has 0 fully saturated rings. The first-order valence-corrected chi connectivity index (χ1v) is 4.41. The van der Waals surface area contributed by atoms with Crippen molar-refractivity contribution >= 4 is 18.3 Å². The second-order valence-electron chi connectivity index (χ2n) is 2.68. The summed E-state index contributed by atoms with van der Waals surface area (Å²) in [5, 5.41) is 0. The molecule has 1 aromatic carbocycles. The molecule has 0 radical (unpaired) electrons. The maximum atomic E-state index is 5.76. The monoisotopic (exact) mass is 183 g/mol. The van der Waals surface area contributed by atoms with Crippen LogP contribution in [0.1, 0.15) is 11.1 Å². The molecule has 0 bridgehead atoms. The van der Waals surface area contributed by atoms with Gasteiger partial charge in [-0.2, -0.15) is 12.6 Å². The highest BCUT2D eigenvalue weighted by atomic mass is 32.1. The van der Waals surface area contributed by atoms with Gasteiger partial charge in [0.2, 0.25) is 0 Å². The van der Waals surface area contributed by atoms with E-state index in [1.807, 2.05) is 25.1 Å². The number of nitrogens with two attached hydrogens (primary N) is 1. The smallest absolute Gasteiger partial charge is 0.0897 e. The van der Waals surface area contributed by atoms with Crippen LogP contribution in [0.4, 0.5) is 5.69 Å². The molecule has 0 amide bonds. The van der Waals surface area contributed by atoms with Gasteiger partial charge >= 0.3 is 0 Å². The molecule has 0 aliphatic rings. The van der Waals surface area contributed by atoms with E-state index in [1.54, 1.807) is 0 Å². The Balaban J connectivity index is 2.72. The molecule has 0 atom stereocenters. The summed E-state index contributed by atoms with van der Waals surface area (Å²) in [5.74, 6) is 0.424. The van der Waals surface area contributed by atoms with E-state index in [4.69, 9.17) is 10.5 Å². The topological polar surface area (TPSA) is 35.2 Å². The summed E-state index contributed by atoms with van der Waals surface area (Å²) < 4.78 is 5.12. The fourth-order valence-electron chi connectivity index (χ4n) is 1.00. The van der Waals surface area contributed by atoms with Gasteiger partial charge < -0.3 is 10.5 Å². The van der Waals surface area contributed by atoms with Gasteiger partial charge in [0, 0.05) is 11.3 Å². The Morgan fingerprint density at radius 3 is 2.83 bits per heavy atom. The van der Waals surface area contributed by atoms with Crippen molar-refractivity contribution in [3.05, 3.63) is 29.3 Å². The van der Waals surface area contributed by atoms with Gasteiger partial charge in [0.05, 0.1) is 12.5 Å². The van der Waals surface area contributed by atoms with Crippen molar-refractivity contribution in [1.29, 1.82) is 0 Å². The molecular formula is C9H13NOS. The molecule has 1 aromatic rings. The van der Waals surface area contributed by atoms with Crippen molar-refractivity contribution in [1.82, 2.24) is 0 Å². The number of nitrogen functional groups attached to an aromatic ring is 1. The predicted octanol–water partition coefficient (Wildman–Crippen LogP) is 1.98. The first-order chi connectivity index (χ1) is 5.74. The lowest BCUT2D eigenvalue weighted by Gasteiger charge is -2.05. The molecule has 0 aliphatic heterocycles. The van der Waals surface area contributed by atoms with Crippen LogP contribution in [0.5, 0.6) is 0 Å². The molecule has 0 spiro atoms. The fourth-order valence-corrected chi connectivity index (χ4v) is 1.09. The molecule has 0 aliphatic carbocycles.